The van der Waals surface area contributed by atoms with Crippen LogP contribution in [0.1, 0.15) is 58.2 Å². The first-order chi connectivity index (χ1) is 15.7. The molecule has 0 saturated carbocycles. The van der Waals surface area contributed by atoms with Crippen LogP contribution >= 0.6 is 0 Å². The van der Waals surface area contributed by atoms with Gasteiger partial charge in [0.25, 0.3) is 10.0 Å². The van der Waals surface area contributed by atoms with E-state index in [1.165, 1.54) is 34.8 Å². The van der Waals surface area contributed by atoms with Crippen molar-refractivity contribution in [2.75, 3.05) is 4.31 Å². The van der Waals surface area contributed by atoms with E-state index in [2.05, 4.69) is 10.2 Å². The van der Waals surface area contributed by atoms with E-state index in [9.17, 15) is 18.4 Å². The molecule has 0 aliphatic heterocycles. The van der Waals surface area contributed by atoms with Gasteiger partial charge in [0.2, 0.25) is 0 Å². The van der Waals surface area contributed by atoms with Gasteiger partial charge in [0.1, 0.15) is 11.4 Å². The number of aromatic nitrogens is 1. The van der Waals surface area contributed by atoms with Gasteiger partial charge in [-0.05, 0) is 81.2 Å². The molecule has 0 radical (unpaired) electrons. The quantitative estimate of drug-likeness (QED) is 0.424. The second-order valence-electron chi connectivity index (χ2n) is 10.3. The van der Waals surface area contributed by atoms with E-state index >= 15 is 0 Å². The lowest BCUT2D eigenvalue weighted by Crippen LogP contribution is -2.31. The highest BCUT2D eigenvalue weighted by Gasteiger charge is 2.30. The fourth-order valence-corrected chi connectivity index (χ4v) is 5.16. The SMILES string of the molecule is CC(C)(C)c1cc(CN(c2cccnc2)S(=O)(=O)c2ccc(N=O)cc2)cc(C(C)(C)C)c1O. The number of nitrogens with zero attached hydrogens (tertiary/aromatic N) is 3. The van der Waals surface area contributed by atoms with Crippen LogP contribution in [-0.4, -0.2) is 18.5 Å². The predicted molar refractivity (Wildman–Crippen MR) is 135 cm³/mol. The van der Waals surface area contributed by atoms with Gasteiger partial charge in [0.05, 0.1) is 23.3 Å². The highest BCUT2D eigenvalue weighted by molar-refractivity contribution is 7.92. The lowest BCUT2D eigenvalue weighted by molar-refractivity contribution is 0.422. The molecule has 1 aromatic heterocycles. The normalized spacial score (nSPS) is 12.4. The summed E-state index contributed by atoms with van der Waals surface area (Å²) in [4.78, 5) is 14.9. The first-order valence-electron chi connectivity index (χ1n) is 11.0. The van der Waals surface area contributed by atoms with E-state index in [4.69, 9.17) is 0 Å². The number of nitroso groups, excluding NO2 is 1. The Labute approximate surface area is 201 Å². The maximum atomic E-state index is 13.7. The van der Waals surface area contributed by atoms with Crippen LogP contribution in [-0.2, 0) is 27.4 Å². The Hall–Kier alpha value is -3.26. The third-order valence-electron chi connectivity index (χ3n) is 5.58. The van der Waals surface area contributed by atoms with E-state index in [1.807, 2.05) is 53.7 Å². The summed E-state index contributed by atoms with van der Waals surface area (Å²) in [5.41, 5.74) is 2.09. The Balaban J connectivity index is 2.19. The Morgan fingerprint density at radius 1 is 0.941 bits per heavy atom. The molecule has 0 atom stereocenters. The van der Waals surface area contributed by atoms with Crippen LogP contribution in [0.5, 0.6) is 5.75 Å². The fourth-order valence-electron chi connectivity index (χ4n) is 3.72. The summed E-state index contributed by atoms with van der Waals surface area (Å²) in [5.74, 6) is 0.233. The highest BCUT2D eigenvalue weighted by atomic mass is 32.2. The number of phenols is 1. The number of benzene rings is 2. The zero-order valence-corrected chi connectivity index (χ0v) is 21.2. The molecule has 3 aromatic rings. The van der Waals surface area contributed by atoms with Crippen molar-refractivity contribution in [3.05, 3.63) is 82.5 Å². The van der Waals surface area contributed by atoms with Crippen molar-refractivity contribution in [1.29, 1.82) is 0 Å². The van der Waals surface area contributed by atoms with Gasteiger partial charge in [-0.25, -0.2) is 8.42 Å². The molecule has 1 N–H and O–H groups in total. The third-order valence-corrected chi connectivity index (χ3v) is 7.36. The molecule has 1 heterocycles. The summed E-state index contributed by atoms with van der Waals surface area (Å²) in [5, 5.41) is 13.9. The van der Waals surface area contributed by atoms with Gasteiger partial charge in [-0.15, -0.1) is 4.91 Å². The average molecular weight is 482 g/mol. The van der Waals surface area contributed by atoms with Crippen molar-refractivity contribution < 1.29 is 13.5 Å². The van der Waals surface area contributed by atoms with Crippen LogP contribution in [0.3, 0.4) is 0 Å². The van der Waals surface area contributed by atoms with Crippen molar-refractivity contribution in [3.63, 3.8) is 0 Å². The topological polar surface area (TPSA) is 99.9 Å². The van der Waals surface area contributed by atoms with E-state index < -0.39 is 10.0 Å². The molecule has 0 spiro atoms. The van der Waals surface area contributed by atoms with Crippen LogP contribution in [0.15, 0.2) is 71.0 Å². The summed E-state index contributed by atoms with van der Waals surface area (Å²) < 4.78 is 28.7. The number of hydrogen-bond acceptors (Lipinski definition) is 6. The summed E-state index contributed by atoms with van der Waals surface area (Å²) in [6.07, 6.45) is 3.07. The molecule has 8 heteroatoms. The van der Waals surface area contributed by atoms with Gasteiger partial charge in [-0.1, -0.05) is 41.5 Å². The molecule has 3 rings (SSSR count). The van der Waals surface area contributed by atoms with Crippen molar-refractivity contribution >= 4 is 21.4 Å². The molecule has 0 bridgehead atoms. The van der Waals surface area contributed by atoms with Crippen molar-refractivity contribution in [3.8, 4) is 5.75 Å². The molecular formula is C26H31N3O4S. The van der Waals surface area contributed by atoms with Gasteiger partial charge in [-0.2, -0.15) is 0 Å². The summed E-state index contributed by atoms with van der Waals surface area (Å²) in [7, 11) is -4.00. The minimum atomic E-state index is -4.00. The maximum Gasteiger partial charge on any atom is 0.264 e. The molecule has 0 fully saturated rings. The number of sulfonamides is 1. The van der Waals surface area contributed by atoms with E-state index in [1.54, 1.807) is 18.3 Å². The van der Waals surface area contributed by atoms with Gasteiger partial charge >= 0.3 is 0 Å². The van der Waals surface area contributed by atoms with Crippen molar-refractivity contribution in [2.45, 2.75) is 63.8 Å². The minimum absolute atomic E-state index is 0.0359. The van der Waals surface area contributed by atoms with Crippen LogP contribution in [0, 0.1) is 4.91 Å². The Bertz CT molecular complexity index is 1240. The number of pyridine rings is 1. The van der Waals surface area contributed by atoms with Gasteiger partial charge in [0.15, 0.2) is 0 Å². The number of aromatic hydroxyl groups is 1. The van der Waals surface area contributed by atoms with E-state index in [-0.39, 0.29) is 33.7 Å². The monoisotopic (exact) mass is 481 g/mol. The zero-order valence-electron chi connectivity index (χ0n) is 20.4. The van der Waals surface area contributed by atoms with Gasteiger partial charge in [-0.3, -0.25) is 9.29 Å². The number of hydrogen-bond donors (Lipinski definition) is 1. The zero-order chi connectivity index (χ0) is 25.3. The standard InChI is InChI=1S/C26H31N3O4S/c1-25(2,3)22-14-18(15-23(24(22)30)26(4,5)6)17-29(20-8-7-13-27-16-20)34(32,33)21-11-9-19(28-31)10-12-21/h7-16,30H,17H2,1-6H3. The molecule has 180 valence electrons. The first kappa shape index (κ1) is 25.4. The third kappa shape index (κ3) is 5.28. The Morgan fingerprint density at radius 2 is 1.50 bits per heavy atom. The average Bonchev–Trinajstić information content (AvgIpc) is 2.77. The highest BCUT2D eigenvalue weighted by Crippen LogP contribution is 2.40. The number of anilines is 1. The van der Waals surface area contributed by atoms with E-state index in [0.717, 1.165) is 16.7 Å². The summed E-state index contributed by atoms with van der Waals surface area (Å²) in [6, 6.07) is 12.6. The lowest BCUT2D eigenvalue weighted by Gasteiger charge is -2.30. The Morgan fingerprint density at radius 3 is 1.94 bits per heavy atom. The molecular weight excluding hydrogens is 450 g/mol. The van der Waals surface area contributed by atoms with Gasteiger partial charge in [0, 0.05) is 6.20 Å². The minimum Gasteiger partial charge on any atom is -0.507 e. The van der Waals surface area contributed by atoms with Crippen LogP contribution in [0.25, 0.3) is 0 Å². The lowest BCUT2D eigenvalue weighted by atomic mass is 9.78. The van der Waals surface area contributed by atoms with Crippen molar-refractivity contribution in [1.82, 2.24) is 4.98 Å². The van der Waals surface area contributed by atoms with Crippen LogP contribution in [0.2, 0.25) is 0 Å². The molecule has 2 aromatic carbocycles. The molecule has 0 aliphatic carbocycles. The molecule has 7 nitrogen and oxygen atoms in total. The maximum absolute atomic E-state index is 13.7. The molecule has 0 amide bonds. The molecule has 34 heavy (non-hydrogen) atoms. The van der Waals surface area contributed by atoms with E-state index in [0.29, 0.717) is 5.69 Å². The van der Waals surface area contributed by atoms with Gasteiger partial charge < -0.3 is 5.11 Å². The number of rotatable bonds is 6. The second kappa shape index (κ2) is 9.18. The van der Waals surface area contributed by atoms with Crippen LogP contribution < -0.4 is 4.31 Å². The Kier molecular flexibility index (Phi) is 6.85. The summed E-state index contributed by atoms with van der Waals surface area (Å²) in [6.45, 7) is 12.1. The first-order valence-corrected chi connectivity index (χ1v) is 12.4. The van der Waals surface area contributed by atoms with Crippen molar-refractivity contribution in [2.24, 2.45) is 5.18 Å². The largest absolute Gasteiger partial charge is 0.507 e. The number of phenolic OH excluding ortho intramolecular Hbond substituents is 1. The molecule has 0 aliphatic rings. The molecule has 0 unspecified atom stereocenters. The molecule has 0 saturated heterocycles. The smallest absolute Gasteiger partial charge is 0.264 e. The predicted octanol–water partition coefficient (Wildman–Crippen LogP) is 6.18. The fraction of sp³-hybridized carbons (Fsp3) is 0.346. The van der Waals surface area contributed by atoms with Crippen LogP contribution in [0.4, 0.5) is 11.4 Å². The second-order valence-corrected chi connectivity index (χ2v) is 12.2. The summed E-state index contributed by atoms with van der Waals surface area (Å²) >= 11 is 0.